The molecule has 0 saturated heterocycles. The molecule has 7 heavy (non-hydrogen) atoms. The highest BCUT2D eigenvalue weighted by Crippen LogP contribution is 1.85. The zero-order chi connectivity index (χ0) is 5.86. The average molecular weight is 145 g/mol. The van der Waals surface area contributed by atoms with Crippen molar-refractivity contribution in [3.05, 3.63) is 0 Å². The molecule has 6 heteroatoms. The van der Waals surface area contributed by atoms with Crippen LogP contribution in [0, 0.1) is 0 Å². The third-order valence-electron chi connectivity index (χ3n) is 0.183. The highest BCUT2D eigenvalue weighted by Gasteiger charge is 2.09. The van der Waals surface area contributed by atoms with Crippen LogP contribution in [-0.2, 0) is 23.1 Å². The van der Waals surface area contributed by atoms with E-state index in [0.717, 1.165) is 0 Å². The van der Waals surface area contributed by atoms with Crippen LogP contribution in [0.3, 0.4) is 0 Å². The van der Waals surface area contributed by atoms with Gasteiger partial charge >= 0.3 is 11.7 Å². The Hall–Kier alpha value is 0.510. The zero-order valence-corrected chi connectivity index (χ0v) is 5.14. The van der Waals surface area contributed by atoms with Crippen molar-refractivity contribution in [3.63, 3.8) is 0 Å². The molecule has 0 bridgehead atoms. The van der Waals surface area contributed by atoms with Crippen LogP contribution < -0.4 is 4.13 Å². The molecule has 0 spiro atoms. The number of halogens is 1. The second-order valence-electron chi connectivity index (χ2n) is 0.761. The number of rotatable bonds is 2. The van der Waals surface area contributed by atoms with Crippen molar-refractivity contribution in [1.82, 2.24) is 4.13 Å². The first-order chi connectivity index (χ1) is 3.13. The van der Waals surface area contributed by atoms with Crippen molar-refractivity contribution in [2.24, 2.45) is 0 Å². The largest absolute Gasteiger partial charge is 0.595 e. The summed E-state index contributed by atoms with van der Waals surface area (Å²) in [5.41, 5.74) is 0. The van der Waals surface area contributed by atoms with E-state index in [-0.39, 0.29) is 0 Å². The summed E-state index contributed by atoms with van der Waals surface area (Å²) in [6.07, 6.45) is 1.19. The summed E-state index contributed by atoms with van der Waals surface area (Å²) < 4.78 is 31.9. The van der Waals surface area contributed by atoms with Crippen LogP contribution in [0.4, 0.5) is 3.89 Å². The summed E-state index contributed by atoms with van der Waals surface area (Å²) in [5.74, 6) is 0. The van der Waals surface area contributed by atoms with E-state index in [1.54, 1.807) is 4.13 Å². The van der Waals surface area contributed by atoms with Gasteiger partial charge in [0.2, 0.25) is 0 Å². The molecule has 0 fully saturated rings. The Kier molecular flexibility index (Phi) is 3.76. The van der Waals surface area contributed by atoms with Crippen molar-refractivity contribution in [2.45, 2.75) is 0 Å². The van der Waals surface area contributed by atoms with Crippen LogP contribution in [0.5, 0.6) is 0 Å². The Balaban J connectivity index is 2.95. The molecule has 0 aromatic rings. The lowest BCUT2D eigenvalue weighted by Gasteiger charge is -1.98. The van der Waals surface area contributed by atoms with E-state index in [1.807, 2.05) is 0 Å². The van der Waals surface area contributed by atoms with E-state index in [0.29, 0.717) is 0 Å². The van der Waals surface area contributed by atoms with Gasteiger partial charge in [0.05, 0.1) is 15.5 Å². The van der Waals surface area contributed by atoms with Gasteiger partial charge in [0.25, 0.3) is 0 Å². The summed E-state index contributed by atoms with van der Waals surface area (Å²) >= 11 is -4.17. The molecule has 0 aliphatic carbocycles. The van der Waals surface area contributed by atoms with Crippen LogP contribution in [0.2, 0.25) is 0 Å². The fraction of sp³-hybridized carbons (Fsp3) is 1.00. The second-order valence-corrected chi connectivity index (χ2v) is 2.78. The summed E-state index contributed by atoms with van der Waals surface area (Å²) in [7, 11) is 0. The van der Waals surface area contributed by atoms with E-state index in [1.165, 1.54) is 6.26 Å². The van der Waals surface area contributed by atoms with Crippen LogP contribution in [0.1, 0.15) is 0 Å². The maximum absolute atomic E-state index is 11.1. The lowest BCUT2D eigenvalue weighted by atomic mass is 12.0. The Labute approximate surface area is 47.2 Å². The second kappa shape index (κ2) is 3.50. The minimum Gasteiger partial charge on any atom is -0.595 e. The quantitative estimate of drug-likeness (QED) is 0.529. The van der Waals surface area contributed by atoms with Gasteiger partial charge in [-0.1, -0.05) is 0 Å². The molecule has 0 heterocycles. The first kappa shape index (κ1) is 7.51. The smallest absolute Gasteiger partial charge is 0.321 e. The summed E-state index contributed by atoms with van der Waals surface area (Å²) in [6.45, 7) is 0. The number of nitrogens with one attached hydrogen (secondary N) is 1. The summed E-state index contributed by atoms with van der Waals surface area (Å²) in [6, 6.07) is 0. The van der Waals surface area contributed by atoms with Crippen molar-refractivity contribution >= 4 is 23.1 Å². The van der Waals surface area contributed by atoms with Gasteiger partial charge in [-0.15, -0.1) is 0 Å². The molecule has 0 radical (unpaired) electrons. The lowest BCUT2D eigenvalue weighted by molar-refractivity contribution is 0.542. The van der Waals surface area contributed by atoms with Crippen LogP contribution >= 0.6 is 0 Å². The third-order valence-corrected chi connectivity index (χ3v) is 1.65. The van der Waals surface area contributed by atoms with E-state index >= 15 is 0 Å². The molecule has 2 atom stereocenters. The maximum Gasteiger partial charge on any atom is 0.321 e. The van der Waals surface area contributed by atoms with E-state index in [2.05, 4.69) is 0 Å². The van der Waals surface area contributed by atoms with Crippen molar-refractivity contribution in [2.75, 3.05) is 6.26 Å². The molecule has 0 rings (SSSR count). The minimum atomic E-state index is -2.65. The molecule has 0 aromatic carbocycles. The molecule has 1 N–H and O–H groups in total. The van der Waals surface area contributed by atoms with Crippen molar-refractivity contribution in [1.29, 1.82) is 0 Å². The lowest BCUT2D eigenvalue weighted by Crippen LogP contribution is -2.25. The van der Waals surface area contributed by atoms with Crippen molar-refractivity contribution < 1.29 is 13.0 Å². The third kappa shape index (κ3) is 6.51. The maximum atomic E-state index is 11.1. The molecular formula is CH4FNO2S2. The Morgan fingerprint density at radius 1 is 1.57 bits per heavy atom. The first-order valence-corrected chi connectivity index (χ1v) is 3.91. The van der Waals surface area contributed by atoms with E-state index < -0.39 is 23.1 Å². The molecular weight excluding hydrogens is 141 g/mol. The molecule has 0 aliphatic heterocycles. The Bertz CT molecular complexity index is 45.0. The van der Waals surface area contributed by atoms with Crippen LogP contribution in [-0.4, -0.2) is 15.4 Å². The van der Waals surface area contributed by atoms with Gasteiger partial charge in [-0.2, -0.15) is 0 Å². The molecule has 3 nitrogen and oxygen atoms in total. The average Bonchev–Trinajstić information content (AvgIpc) is 1.27. The van der Waals surface area contributed by atoms with Crippen LogP contribution in [0.25, 0.3) is 0 Å². The highest BCUT2D eigenvalue weighted by atomic mass is 32.3. The summed E-state index contributed by atoms with van der Waals surface area (Å²) in [5, 5.41) is 0. The predicted molar refractivity (Wildman–Crippen MR) is 26.5 cm³/mol. The topological polar surface area (TPSA) is 58.1 Å². The molecule has 44 valence electrons. The van der Waals surface area contributed by atoms with E-state index in [4.69, 9.17) is 0 Å². The zero-order valence-electron chi connectivity index (χ0n) is 3.51. The highest BCUT2D eigenvalue weighted by molar-refractivity contribution is 8.02. The SMILES string of the molecule is C[S+]([O-])N[S+]([O-])F. The standard InChI is InChI=1S/CH4FNO2S2/c1-6(4)3-7(2)5/h3H,1H3. The number of hydrogen-bond acceptors (Lipinski definition) is 3. The van der Waals surface area contributed by atoms with Gasteiger partial charge in [-0.3, -0.25) is 0 Å². The number of hydrogen-bond donors (Lipinski definition) is 1. The molecule has 2 unspecified atom stereocenters. The van der Waals surface area contributed by atoms with Gasteiger partial charge in [-0.25, -0.2) is 0 Å². The Morgan fingerprint density at radius 2 is 2.00 bits per heavy atom. The van der Waals surface area contributed by atoms with Gasteiger partial charge in [0, 0.05) is 3.89 Å². The van der Waals surface area contributed by atoms with E-state index in [9.17, 15) is 13.0 Å². The monoisotopic (exact) mass is 145 g/mol. The van der Waals surface area contributed by atoms with Crippen LogP contribution in [0.15, 0.2) is 0 Å². The molecule has 0 amide bonds. The normalized spacial score (nSPS) is 18.9. The minimum absolute atomic E-state index is 1.19. The predicted octanol–water partition coefficient (Wildman–Crippen LogP) is -0.582. The molecule has 0 aliphatic rings. The van der Waals surface area contributed by atoms with Gasteiger partial charge in [-0.05, 0) is 0 Å². The molecule has 0 aromatic heterocycles. The molecule has 0 saturated carbocycles. The van der Waals surface area contributed by atoms with Gasteiger partial charge < -0.3 is 9.11 Å². The fourth-order valence-corrected chi connectivity index (χ4v) is 0.830. The van der Waals surface area contributed by atoms with Gasteiger partial charge in [0.15, 0.2) is 0 Å². The summed E-state index contributed by atoms with van der Waals surface area (Å²) in [4.78, 5) is 0. The van der Waals surface area contributed by atoms with Gasteiger partial charge in [0.1, 0.15) is 6.26 Å². The fourth-order valence-electron chi connectivity index (χ4n) is 0.0923. The first-order valence-electron chi connectivity index (χ1n) is 1.30. The Morgan fingerprint density at radius 3 is 2.00 bits per heavy atom. The van der Waals surface area contributed by atoms with Crippen molar-refractivity contribution in [3.8, 4) is 0 Å².